The first-order valence-corrected chi connectivity index (χ1v) is 15.3. The minimum absolute atomic E-state index is 0.0315. The Balaban J connectivity index is 1.43. The number of halogens is 2. The van der Waals surface area contributed by atoms with E-state index < -0.39 is 13.5 Å². The SMILES string of the molecule is C[Si](C)(C)CCOCn1nc(I)c2ccc(C3C[C@@]34C(=O)Nc3ccc(F)cc34)cc21. The van der Waals surface area contributed by atoms with Crippen LogP contribution in [0.1, 0.15) is 23.5 Å². The zero-order valence-electron chi connectivity index (χ0n) is 17.8. The lowest BCUT2D eigenvalue weighted by molar-refractivity contribution is -0.118. The Labute approximate surface area is 195 Å². The maximum atomic E-state index is 13.9. The second-order valence-corrected chi connectivity index (χ2v) is 16.4. The molecule has 8 heteroatoms. The number of carbonyl (C=O) groups excluding carboxylic acids is 1. The predicted molar refractivity (Wildman–Crippen MR) is 131 cm³/mol. The van der Waals surface area contributed by atoms with Gasteiger partial charge in [-0.3, -0.25) is 4.79 Å². The van der Waals surface area contributed by atoms with Crippen molar-refractivity contribution in [3.05, 3.63) is 57.0 Å². The van der Waals surface area contributed by atoms with Crippen LogP contribution in [0, 0.1) is 9.52 Å². The molecular formula is C23H25FIN3O2Si. The van der Waals surface area contributed by atoms with Gasteiger partial charge in [0.05, 0.1) is 10.9 Å². The van der Waals surface area contributed by atoms with E-state index in [1.807, 2.05) is 4.68 Å². The smallest absolute Gasteiger partial charge is 0.235 e. The van der Waals surface area contributed by atoms with E-state index in [1.165, 1.54) is 12.1 Å². The lowest BCUT2D eigenvalue weighted by Gasteiger charge is -2.15. The quantitative estimate of drug-likeness (QED) is 0.252. The first-order valence-electron chi connectivity index (χ1n) is 10.5. The number of rotatable bonds is 6. The molecule has 1 aliphatic carbocycles. The van der Waals surface area contributed by atoms with Crippen LogP contribution in [0.5, 0.6) is 0 Å². The van der Waals surface area contributed by atoms with Gasteiger partial charge in [-0.2, -0.15) is 5.10 Å². The Kier molecular flexibility index (Phi) is 5.02. The second kappa shape index (κ2) is 7.38. The molecule has 0 bridgehead atoms. The number of hydrogen-bond acceptors (Lipinski definition) is 3. The fraction of sp³-hybridized carbons (Fsp3) is 0.391. The Hall–Kier alpha value is -1.78. The van der Waals surface area contributed by atoms with Gasteiger partial charge in [-0.25, -0.2) is 9.07 Å². The number of hydrogen-bond donors (Lipinski definition) is 1. The normalized spacial score (nSPS) is 22.2. The van der Waals surface area contributed by atoms with Crippen molar-refractivity contribution >= 4 is 53.2 Å². The van der Waals surface area contributed by atoms with E-state index in [9.17, 15) is 9.18 Å². The number of anilines is 1. The lowest BCUT2D eigenvalue weighted by atomic mass is 9.92. The van der Waals surface area contributed by atoms with Gasteiger partial charge in [0.2, 0.25) is 5.91 Å². The maximum Gasteiger partial charge on any atom is 0.235 e. The summed E-state index contributed by atoms with van der Waals surface area (Å²) in [5.74, 6) is -0.302. The highest BCUT2D eigenvalue weighted by molar-refractivity contribution is 14.1. The Bertz CT molecular complexity index is 1210. The van der Waals surface area contributed by atoms with Crippen molar-refractivity contribution in [3.8, 4) is 0 Å². The van der Waals surface area contributed by atoms with Gasteiger partial charge < -0.3 is 10.1 Å². The molecule has 5 nitrogen and oxygen atoms in total. The van der Waals surface area contributed by atoms with Crippen molar-refractivity contribution in [3.63, 3.8) is 0 Å². The molecule has 1 unspecified atom stereocenters. The fourth-order valence-corrected chi connectivity index (χ4v) is 6.03. The van der Waals surface area contributed by atoms with Gasteiger partial charge in [0.25, 0.3) is 0 Å². The predicted octanol–water partition coefficient (Wildman–Crippen LogP) is 5.47. The maximum absolute atomic E-state index is 13.9. The van der Waals surface area contributed by atoms with Crippen LogP contribution >= 0.6 is 22.6 Å². The average Bonchev–Trinajstić information content (AvgIpc) is 3.31. The summed E-state index contributed by atoms with van der Waals surface area (Å²) < 4.78 is 22.7. The van der Waals surface area contributed by atoms with E-state index in [0.717, 1.165) is 44.1 Å². The molecule has 2 aromatic carbocycles. The van der Waals surface area contributed by atoms with E-state index in [4.69, 9.17) is 4.74 Å². The Morgan fingerprint density at radius 2 is 2.10 bits per heavy atom. The number of nitrogens with one attached hydrogen (secondary N) is 1. The number of fused-ring (bicyclic) bond motifs is 3. The summed E-state index contributed by atoms with van der Waals surface area (Å²) in [6, 6.07) is 11.9. The van der Waals surface area contributed by atoms with Crippen LogP contribution in [0.4, 0.5) is 10.1 Å². The molecule has 1 aromatic heterocycles. The first-order chi connectivity index (χ1) is 14.7. The van der Waals surface area contributed by atoms with Crippen molar-refractivity contribution in [2.24, 2.45) is 0 Å². The molecule has 1 amide bonds. The summed E-state index contributed by atoms with van der Waals surface area (Å²) in [6.07, 6.45) is 0.693. The standard InChI is InChI=1S/C23H25FIN3O2Si/c1-31(2,3)9-8-30-13-28-20-10-14(4-6-16(20)21(25)27-28)18-12-23(18)17-11-15(24)5-7-19(17)26-22(23)29/h4-7,10-11,18H,8-9,12-13H2,1-3H3,(H,26,29)/t18?,23-/m0/s1. The molecule has 1 aliphatic heterocycles. The molecule has 2 heterocycles. The van der Waals surface area contributed by atoms with Crippen LogP contribution in [0.2, 0.25) is 25.7 Å². The van der Waals surface area contributed by atoms with Gasteiger partial charge in [-0.15, -0.1) is 0 Å². The minimum atomic E-state index is -1.14. The third kappa shape index (κ3) is 3.62. The van der Waals surface area contributed by atoms with Crippen LogP contribution in [0.25, 0.3) is 10.9 Å². The van der Waals surface area contributed by atoms with Crippen molar-refractivity contribution in [1.82, 2.24) is 9.78 Å². The molecule has 0 saturated heterocycles. The second-order valence-electron chi connectivity index (χ2n) is 9.79. The molecule has 162 valence electrons. The molecule has 0 radical (unpaired) electrons. The fourth-order valence-electron chi connectivity index (χ4n) is 4.56. The van der Waals surface area contributed by atoms with E-state index in [1.54, 1.807) is 6.07 Å². The molecule has 1 saturated carbocycles. The molecule has 1 N–H and O–H groups in total. The van der Waals surface area contributed by atoms with Crippen LogP contribution in [0.3, 0.4) is 0 Å². The van der Waals surface area contributed by atoms with E-state index in [0.29, 0.717) is 13.2 Å². The zero-order valence-corrected chi connectivity index (χ0v) is 21.0. The molecule has 5 rings (SSSR count). The monoisotopic (exact) mass is 549 g/mol. The van der Waals surface area contributed by atoms with Gasteiger partial charge in [0, 0.05) is 31.7 Å². The molecule has 31 heavy (non-hydrogen) atoms. The number of nitrogens with zero attached hydrogens (tertiary/aromatic N) is 2. The summed E-state index contributed by atoms with van der Waals surface area (Å²) in [7, 11) is -1.14. The first kappa shape index (κ1) is 21.1. The van der Waals surface area contributed by atoms with E-state index >= 15 is 0 Å². The van der Waals surface area contributed by atoms with Crippen LogP contribution in [-0.2, 0) is 21.7 Å². The van der Waals surface area contributed by atoms with Crippen LogP contribution < -0.4 is 5.32 Å². The number of ether oxygens (including phenoxy) is 1. The van der Waals surface area contributed by atoms with Crippen molar-refractivity contribution in [2.75, 3.05) is 11.9 Å². The lowest BCUT2D eigenvalue weighted by Crippen LogP contribution is -2.22. The summed E-state index contributed by atoms with van der Waals surface area (Å²) in [5.41, 5.74) is 2.94. The van der Waals surface area contributed by atoms with E-state index in [-0.39, 0.29) is 17.6 Å². The van der Waals surface area contributed by atoms with Gasteiger partial charge in [0.1, 0.15) is 16.2 Å². The van der Waals surface area contributed by atoms with Crippen molar-refractivity contribution in [2.45, 2.75) is 50.2 Å². The van der Waals surface area contributed by atoms with E-state index in [2.05, 4.69) is 70.8 Å². The molecule has 1 spiro atoms. The van der Waals surface area contributed by atoms with Gasteiger partial charge >= 0.3 is 0 Å². The number of carbonyl (C=O) groups is 1. The van der Waals surface area contributed by atoms with Crippen molar-refractivity contribution in [1.29, 1.82) is 0 Å². The third-order valence-corrected chi connectivity index (χ3v) is 8.92. The largest absolute Gasteiger partial charge is 0.360 e. The zero-order chi connectivity index (χ0) is 22.0. The van der Waals surface area contributed by atoms with Gasteiger partial charge in [-0.05, 0) is 76.5 Å². The molecule has 3 aromatic rings. The average molecular weight is 549 g/mol. The number of aromatic nitrogens is 2. The highest BCUT2D eigenvalue weighted by Crippen LogP contribution is 2.65. The molecule has 2 atom stereocenters. The number of amides is 1. The summed E-state index contributed by atoms with van der Waals surface area (Å²) in [4.78, 5) is 12.8. The highest BCUT2D eigenvalue weighted by Gasteiger charge is 2.65. The van der Waals surface area contributed by atoms with Gasteiger partial charge in [-0.1, -0.05) is 25.7 Å². The summed E-state index contributed by atoms with van der Waals surface area (Å²) >= 11 is 2.25. The van der Waals surface area contributed by atoms with Gasteiger partial charge in [0.15, 0.2) is 0 Å². The summed E-state index contributed by atoms with van der Waals surface area (Å²) in [6.45, 7) is 8.16. The topological polar surface area (TPSA) is 56.2 Å². The Morgan fingerprint density at radius 3 is 2.87 bits per heavy atom. The summed E-state index contributed by atoms with van der Waals surface area (Å²) in [5, 5.41) is 8.67. The van der Waals surface area contributed by atoms with Crippen LogP contribution in [-0.4, -0.2) is 30.4 Å². The third-order valence-electron chi connectivity index (χ3n) is 6.42. The van der Waals surface area contributed by atoms with Crippen LogP contribution in [0.15, 0.2) is 36.4 Å². The number of benzene rings is 2. The minimum Gasteiger partial charge on any atom is -0.360 e. The van der Waals surface area contributed by atoms with Crippen molar-refractivity contribution < 1.29 is 13.9 Å². The Morgan fingerprint density at radius 1 is 1.29 bits per heavy atom. The molecule has 1 fully saturated rings. The highest BCUT2D eigenvalue weighted by atomic mass is 127. The molecular weight excluding hydrogens is 524 g/mol. The molecule has 2 aliphatic rings.